The molecule has 0 radical (unpaired) electrons. The monoisotopic (exact) mass is 389 g/mol. The van der Waals surface area contributed by atoms with Crippen molar-refractivity contribution < 1.29 is 13.5 Å². The van der Waals surface area contributed by atoms with E-state index in [4.69, 9.17) is 4.99 Å². The van der Waals surface area contributed by atoms with Gasteiger partial charge in [0.15, 0.2) is 9.84 Å². The Kier molecular flexibility index (Phi) is 5.92. The summed E-state index contributed by atoms with van der Waals surface area (Å²) >= 11 is 0. The highest BCUT2D eigenvalue weighted by Gasteiger charge is 2.35. The minimum atomic E-state index is -3.06. The first-order valence-electron chi connectivity index (χ1n) is 9.89. The molecule has 148 valence electrons. The van der Waals surface area contributed by atoms with Gasteiger partial charge in [-0.1, -0.05) is 30.3 Å². The van der Waals surface area contributed by atoms with Crippen molar-refractivity contribution in [2.75, 3.05) is 12.4 Å². The fourth-order valence-electron chi connectivity index (χ4n) is 4.02. The van der Waals surface area contributed by atoms with E-state index in [0.29, 0.717) is 11.7 Å². The largest absolute Gasteiger partial charge is 0.392 e. The molecule has 1 aliphatic heterocycles. The van der Waals surface area contributed by atoms with Gasteiger partial charge in [0, 0.05) is 17.7 Å². The fraction of sp³-hybridized carbons (Fsp3) is 0.591. The summed E-state index contributed by atoms with van der Waals surface area (Å²) < 4.78 is 24.3. The van der Waals surface area contributed by atoms with Crippen LogP contribution in [0.15, 0.2) is 40.9 Å². The van der Waals surface area contributed by atoms with Gasteiger partial charge in [-0.2, -0.15) is 0 Å². The van der Waals surface area contributed by atoms with Crippen molar-refractivity contribution in [3.05, 3.63) is 41.5 Å². The summed E-state index contributed by atoms with van der Waals surface area (Å²) in [6.45, 7) is 5.40. The Bertz CT molecular complexity index is 824. The number of benzene rings is 1. The van der Waals surface area contributed by atoms with Crippen molar-refractivity contribution >= 4 is 21.2 Å². The van der Waals surface area contributed by atoms with Gasteiger partial charge in [-0.3, -0.25) is 4.99 Å². The molecule has 0 aromatic heterocycles. The molecule has 1 aromatic carbocycles. The molecule has 0 atom stereocenters. The lowest BCUT2D eigenvalue weighted by Crippen LogP contribution is -2.35. The zero-order chi connectivity index (χ0) is 19.7. The SMILES string of the molecule is CC(C)(C)S(=O)(=O)CC1CCC(C2=NC(c3ccccc3)=C(CO)C2)CC1. The van der Waals surface area contributed by atoms with E-state index in [-0.39, 0.29) is 12.5 Å². The minimum Gasteiger partial charge on any atom is -0.392 e. The Morgan fingerprint density at radius 1 is 1.07 bits per heavy atom. The Balaban J connectivity index is 1.64. The van der Waals surface area contributed by atoms with Crippen molar-refractivity contribution in [3.8, 4) is 0 Å². The van der Waals surface area contributed by atoms with E-state index >= 15 is 0 Å². The average Bonchev–Trinajstić information content (AvgIpc) is 3.06. The molecule has 2 aliphatic rings. The highest BCUT2D eigenvalue weighted by molar-refractivity contribution is 7.92. The molecule has 1 N–H and O–H groups in total. The molecule has 0 bridgehead atoms. The molecule has 0 unspecified atom stereocenters. The first-order chi connectivity index (χ1) is 12.7. The van der Waals surface area contributed by atoms with Crippen LogP contribution in [0, 0.1) is 11.8 Å². The second-order valence-electron chi connectivity index (χ2n) is 8.87. The van der Waals surface area contributed by atoms with Gasteiger partial charge in [-0.05, 0) is 63.9 Å². The summed E-state index contributed by atoms with van der Waals surface area (Å²) in [7, 11) is -3.06. The molecule has 1 heterocycles. The maximum atomic E-state index is 12.5. The van der Waals surface area contributed by atoms with Gasteiger partial charge in [-0.25, -0.2) is 8.42 Å². The average molecular weight is 390 g/mol. The lowest BCUT2D eigenvalue weighted by molar-refractivity contribution is 0.327. The van der Waals surface area contributed by atoms with Crippen LogP contribution in [0.1, 0.15) is 58.4 Å². The van der Waals surface area contributed by atoms with Gasteiger partial charge >= 0.3 is 0 Å². The fourth-order valence-corrected chi connectivity index (χ4v) is 5.47. The molecule has 0 saturated heterocycles. The second kappa shape index (κ2) is 7.88. The van der Waals surface area contributed by atoms with Gasteiger partial charge in [0.05, 0.1) is 22.8 Å². The van der Waals surface area contributed by atoms with Gasteiger partial charge in [-0.15, -0.1) is 0 Å². The number of aliphatic hydroxyl groups excluding tert-OH is 1. The zero-order valence-corrected chi connectivity index (χ0v) is 17.4. The van der Waals surface area contributed by atoms with E-state index < -0.39 is 14.6 Å². The van der Waals surface area contributed by atoms with Gasteiger partial charge in [0.1, 0.15) is 0 Å². The smallest absolute Gasteiger partial charge is 0.155 e. The van der Waals surface area contributed by atoms with Crippen LogP contribution in [0.25, 0.3) is 5.70 Å². The highest BCUT2D eigenvalue weighted by atomic mass is 32.2. The number of hydrogen-bond acceptors (Lipinski definition) is 4. The van der Waals surface area contributed by atoms with Gasteiger partial charge in [0.2, 0.25) is 0 Å². The molecule has 0 amide bonds. The van der Waals surface area contributed by atoms with Crippen LogP contribution >= 0.6 is 0 Å². The van der Waals surface area contributed by atoms with Crippen LogP contribution < -0.4 is 0 Å². The van der Waals surface area contributed by atoms with E-state index in [1.807, 2.05) is 30.3 Å². The van der Waals surface area contributed by atoms with Crippen molar-refractivity contribution in [3.63, 3.8) is 0 Å². The van der Waals surface area contributed by atoms with Crippen LogP contribution in [0.2, 0.25) is 0 Å². The van der Waals surface area contributed by atoms with Gasteiger partial charge in [0.25, 0.3) is 0 Å². The topological polar surface area (TPSA) is 66.7 Å². The number of sulfone groups is 1. The number of nitrogens with zero attached hydrogens (tertiary/aromatic N) is 1. The van der Waals surface area contributed by atoms with Crippen molar-refractivity contribution in [1.82, 2.24) is 0 Å². The van der Waals surface area contributed by atoms with E-state index in [2.05, 4.69) is 0 Å². The molecule has 1 saturated carbocycles. The summed E-state index contributed by atoms with van der Waals surface area (Å²) in [6, 6.07) is 10.0. The predicted molar refractivity (Wildman–Crippen MR) is 111 cm³/mol. The quantitative estimate of drug-likeness (QED) is 0.818. The van der Waals surface area contributed by atoms with Crippen LogP contribution in [0.5, 0.6) is 0 Å². The lowest BCUT2D eigenvalue weighted by atomic mass is 9.79. The number of rotatable bonds is 5. The summed E-state index contributed by atoms with van der Waals surface area (Å²) in [5, 5.41) is 9.76. The van der Waals surface area contributed by atoms with Crippen LogP contribution in [0.4, 0.5) is 0 Å². The molecular formula is C22H31NO3S. The molecular weight excluding hydrogens is 358 g/mol. The molecule has 5 heteroatoms. The number of hydrogen-bond donors (Lipinski definition) is 1. The summed E-state index contributed by atoms with van der Waals surface area (Å²) in [6.07, 6.45) is 4.60. The van der Waals surface area contributed by atoms with E-state index in [1.165, 1.54) is 0 Å². The Hall–Kier alpha value is -1.46. The first-order valence-corrected chi connectivity index (χ1v) is 11.5. The first kappa shape index (κ1) is 20.3. The predicted octanol–water partition coefficient (Wildman–Crippen LogP) is 4.25. The van der Waals surface area contributed by atoms with Crippen LogP contribution in [-0.2, 0) is 9.84 Å². The minimum absolute atomic E-state index is 0.0381. The van der Waals surface area contributed by atoms with E-state index in [9.17, 15) is 13.5 Å². The standard InChI is InChI=1S/C22H31NO3S/c1-22(2,3)27(25,26)15-16-9-11-17(12-10-16)20-13-19(14-24)21(23-20)18-7-5-4-6-8-18/h4-8,16-17,24H,9-15H2,1-3H3. The molecule has 0 spiro atoms. The summed E-state index contributed by atoms with van der Waals surface area (Å²) in [5.74, 6) is 0.957. The normalized spacial score (nSPS) is 24.2. The molecule has 3 rings (SSSR count). The van der Waals surface area contributed by atoms with Gasteiger partial charge < -0.3 is 5.11 Å². The molecule has 1 aromatic rings. The van der Waals surface area contributed by atoms with Crippen LogP contribution in [-0.4, -0.2) is 36.3 Å². The molecule has 27 heavy (non-hydrogen) atoms. The number of aliphatic hydroxyl groups is 1. The number of aliphatic imine (C=N–C) groups is 1. The Morgan fingerprint density at radius 3 is 2.26 bits per heavy atom. The maximum Gasteiger partial charge on any atom is 0.155 e. The second-order valence-corrected chi connectivity index (χ2v) is 11.7. The Morgan fingerprint density at radius 2 is 1.70 bits per heavy atom. The van der Waals surface area contributed by atoms with Crippen LogP contribution in [0.3, 0.4) is 0 Å². The molecule has 1 fully saturated rings. The summed E-state index contributed by atoms with van der Waals surface area (Å²) in [4.78, 5) is 4.89. The van der Waals surface area contributed by atoms with E-state index in [0.717, 1.165) is 54.6 Å². The van der Waals surface area contributed by atoms with Crippen molar-refractivity contribution in [2.45, 2.75) is 57.6 Å². The molecule has 1 aliphatic carbocycles. The third-order valence-corrected chi connectivity index (χ3v) is 8.71. The third kappa shape index (κ3) is 4.52. The molecule has 4 nitrogen and oxygen atoms in total. The van der Waals surface area contributed by atoms with Crippen molar-refractivity contribution in [1.29, 1.82) is 0 Å². The Labute approximate surface area is 163 Å². The summed E-state index contributed by atoms with van der Waals surface area (Å²) in [5.41, 5.74) is 4.13. The maximum absolute atomic E-state index is 12.5. The lowest BCUT2D eigenvalue weighted by Gasteiger charge is -2.30. The van der Waals surface area contributed by atoms with Crippen molar-refractivity contribution in [2.24, 2.45) is 16.8 Å². The highest BCUT2D eigenvalue weighted by Crippen LogP contribution is 2.38. The zero-order valence-electron chi connectivity index (χ0n) is 16.6. The van der Waals surface area contributed by atoms with E-state index in [1.54, 1.807) is 20.8 Å². The third-order valence-electron chi connectivity index (χ3n) is 5.93.